The molecule has 6 nitrogen and oxygen atoms in total. The van der Waals surface area contributed by atoms with Crippen LogP contribution in [0.4, 0.5) is 5.82 Å². The van der Waals surface area contributed by atoms with E-state index in [4.69, 9.17) is 26.2 Å². The molecular formula is C15H15ClN2O4. The Bertz CT molecular complexity index is 691. The van der Waals surface area contributed by atoms with E-state index in [0.717, 1.165) is 5.56 Å². The molecule has 116 valence electrons. The number of hydrogen-bond acceptors (Lipinski definition) is 5. The average Bonchev–Trinajstić information content (AvgIpc) is 2.53. The average molecular weight is 323 g/mol. The number of halogens is 1. The Balaban J connectivity index is 2.15. The normalized spacial score (nSPS) is 10.1. The minimum Gasteiger partial charge on any atom is -0.497 e. The highest BCUT2D eigenvalue weighted by Crippen LogP contribution is 2.26. The molecule has 0 radical (unpaired) electrons. The Morgan fingerprint density at radius 2 is 2.09 bits per heavy atom. The van der Waals surface area contributed by atoms with Gasteiger partial charge in [0.2, 0.25) is 0 Å². The number of carboxylic acids is 1. The lowest BCUT2D eigenvalue weighted by molar-refractivity contribution is 0.0696. The van der Waals surface area contributed by atoms with Gasteiger partial charge >= 0.3 is 5.97 Å². The molecule has 0 saturated heterocycles. The number of methoxy groups -OCH3 is 2. The number of aromatic carboxylic acids is 1. The van der Waals surface area contributed by atoms with Crippen LogP contribution in [-0.2, 0) is 6.54 Å². The number of ether oxygens (including phenoxy) is 2. The first-order valence-corrected chi connectivity index (χ1v) is 6.76. The van der Waals surface area contributed by atoms with Gasteiger partial charge in [-0.3, -0.25) is 0 Å². The highest BCUT2D eigenvalue weighted by Gasteiger charge is 2.10. The molecule has 0 atom stereocenters. The number of carboxylic acid groups (broad SMARTS) is 1. The van der Waals surface area contributed by atoms with Crippen molar-refractivity contribution in [2.24, 2.45) is 0 Å². The first kappa shape index (κ1) is 15.9. The molecule has 0 aliphatic carbocycles. The zero-order valence-corrected chi connectivity index (χ0v) is 12.8. The molecule has 2 aromatic rings. The van der Waals surface area contributed by atoms with Gasteiger partial charge in [-0.05, 0) is 18.2 Å². The minimum atomic E-state index is -1.07. The van der Waals surface area contributed by atoms with Crippen molar-refractivity contribution in [3.05, 3.63) is 46.6 Å². The maximum Gasteiger partial charge on any atom is 0.337 e. The van der Waals surface area contributed by atoms with Gasteiger partial charge in [0.05, 0.1) is 24.8 Å². The van der Waals surface area contributed by atoms with Crippen molar-refractivity contribution in [2.45, 2.75) is 6.54 Å². The molecule has 0 saturated carbocycles. The maximum absolute atomic E-state index is 10.8. The summed E-state index contributed by atoms with van der Waals surface area (Å²) < 4.78 is 10.4. The number of benzene rings is 1. The van der Waals surface area contributed by atoms with E-state index in [1.807, 2.05) is 12.1 Å². The molecular weight excluding hydrogens is 308 g/mol. The number of nitrogens with one attached hydrogen (secondary N) is 1. The highest BCUT2D eigenvalue weighted by atomic mass is 35.5. The van der Waals surface area contributed by atoms with Crippen molar-refractivity contribution in [1.29, 1.82) is 0 Å². The summed E-state index contributed by atoms with van der Waals surface area (Å²) in [6.45, 7) is 0.423. The van der Waals surface area contributed by atoms with Crippen molar-refractivity contribution in [2.75, 3.05) is 19.5 Å². The van der Waals surface area contributed by atoms with E-state index in [-0.39, 0.29) is 10.6 Å². The number of anilines is 1. The molecule has 22 heavy (non-hydrogen) atoms. The van der Waals surface area contributed by atoms with Crippen LogP contribution >= 0.6 is 11.6 Å². The van der Waals surface area contributed by atoms with Gasteiger partial charge in [0.1, 0.15) is 17.3 Å². The van der Waals surface area contributed by atoms with E-state index >= 15 is 0 Å². The first-order valence-electron chi connectivity index (χ1n) is 6.38. The number of pyridine rings is 1. The Morgan fingerprint density at radius 3 is 2.68 bits per heavy atom. The predicted octanol–water partition coefficient (Wildman–Crippen LogP) is 3.06. The van der Waals surface area contributed by atoms with E-state index in [1.165, 1.54) is 12.3 Å². The molecule has 7 heteroatoms. The summed E-state index contributed by atoms with van der Waals surface area (Å²) in [5, 5.41) is 12.2. The molecule has 2 N–H and O–H groups in total. The van der Waals surface area contributed by atoms with Crippen molar-refractivity contribution < 1.29 is 19.4 Å². The van der Waals surface area contributed by atoms with Gasteiger partial charge in [-0.2, -0.15) is 0 Å². The topological polar surface area (TPSA) is 80.7 Å². The number of hydrogen-bond donors (Lipinski definition) is 2. The van der Waals surface area contributed by atoms with Gasteiger partial charge < -0.3 is 19.9 Å². The highest BCUT2D eigenvalue weighted by molar-refractivity contribution is 6.33. The van der Waals surface area contributed by atoms with Gasteiger partial charge in [-0.15, -0.1) is 0 Å². The molecule has 0 spiro atoms. The van der Waals surface area contributed by atoms with Crippen LogP contribution in [0.5, 0.6) is 11.5 Å². The molecule has 1 heterocycles. The number of carbonyl (C=O) groups is 1. The van der Waals surface area contributed by atoms with Crippen LogP contribution in [0.3, 0.4) is 0 Å². The van der Waals surface area contributed by atoms with E-state index in [0.29, 0.717) is 23.9 Å². The fraction of sp³-hybridized carbons (Fsp3) is 0.200. The Kier molecular flexibility index (Phi) is 5.06. The molecule has 0 bridgehead atoms. The van der Waals surface area contributed by atoms with Crippen molar-refractivity contribution >= 4 is 23.4 Å². The number of rotatable bonds is 6. The van der Waals surface area contributed by atoms with E-state index in [2.05, 4.69) is 10.3 Å². The van der Waals surface area contributed by atoms with E-state index < -0.39 is 5.97 Å². The number of nitrogens with zero attached hydrogens (tertiary/aromatic N) is 1. The molecule has 1 aromatic heterocycles. The zero-order chi connectivity index (χ0) is 16.1. The van der Waals surface area contributed by atoms with Gasteiger partial charge in [0, 0.05) is 24.4 Å². The lowest BCUT2D eigenvalue weighted by Gasteiger charge is -2.12. The SMILES string of the molecule is COc1ccc(CNc2ncc(C(=O)O)cc2Cl)c(OC)c1. The predicted molar refractivity (Wildman–Crippen MR) is 83.1 cm³/mol. The quantitative estimate of drug-likeness (QED) is 0.850. The molecule has 0 aliphatic rings. The number of aromatic nitrogens is 1. The second-order valence-corrected chi connectivity index (χ2v) is 4.80. The summed E-state index contributed by atoms with van der Waals surface area (Å²) in [7, 11) is 3.16. The van der Waals surface area contributed by atoms with Crippen LogP contribution < -0.4 is 14.8 Å². The monoisotopic (exact) mass is 322 g/mol. The Morgan fingerprint density at radius 1 is 1.32 bits per heavy atom. The van der Waals surface area contributed by atoms with Crippen molar-refractivity contribution in [1.82, 2.24) is 4.98 Å². The van der Waals surface area contributed by atoms with Gasteiger partial charge in [0.25, 0.3) is 0 Å². The van der Waals surface area contributed by atoms with Crippen molar-refractivity contribution in [3.63, 3.8) is 0 Å². The zero-order valence-electron chi connectivity index (χ0n) is 12.1. The van der Waals surface area contributed by atoms with Gasteiger partial charge in [-0.25, -0.2) is 9.78 Å². The largest absolute Gasteiger partial charge is 0.497 e. The summed E-state index contributed by atoms with van der Waals surface area (Å²) in [5.41, 5.74) is 0.932. The molecule has 0 amide bonds. The van der Waals surface area contributed by atoms with Crippen molar-refractivity contribution in [3.8, 4) is 11.5 Å². The molecule has 0 fully saturated rings. The second-order valence-electron chi connectivity index (χ2n) is 4.39. The van der Waals surface area contributed by atoms with Crippen LogP contribution in [-0.4, -0.2) is 30.3 Å². The lowest BCUT2D eigenvalue weighted by Crippen LogP contribution is -2.05. The fourth-order valence-corrected chi connectivity index (χ4v) is 2.09. The van der Waals surface area contributed by atoms with Crippen LogP contribution in [0, 0.1) is 0 Å². The lowest BCUT2D eigenvalue weighted by atomic mass is 10.2. The van der Waals surface area contributed by atoms with Gasteiger partial charge in [0.15, 0.2) is 0 Å². The fourth-order valence-electron chi connectivity index (χ4n) is 1.86. The second kappa shape index (κ2) is 7.00. The minimum absolute atomic E-state index is 0.0394. The first-order chi connectivity index (χ1) is 10.5. The van der Waals surface area contributed by atoms with Crippen LogP contribution in [0.1, 0.15) is 15.9 Å². The molecule has 1 aromatic carbocycles. The van der Waals surface area contributed by atoms with E-state index in [9.17, 15) is 4.79 Å². The smallest absolute Gasteiger partial charge is 0.337 e. The van der Waals surface area contributed by atoms with Crippen LogP contribution in [0.25, 0.3) is 0 Å². The Hall–Kier alpha value is -2.47. The third-order valence-electron chi connectivity index (χ3n) is 3.03. The maximum atomic E-state index is 10.8. The third kappa shape index (κ3) is 3.59. The summed E-state index contributed by atoms with van der Waals surface area (Å²) in [6, 6.07) is 6.82. The third-order valence-corrected chi connectivity index (χ3v) is 3.32. The molecule has 0 unspecified atom stereocenters. The molecule has 2 rings (SSSR count). The van der Waals surface area contributed by atoms with Gasteiger partial charge in [-0.1, -0.05) is 11.6 Å². The summed E-state index contributed by atoms with van der Waals surface area (Å²) in [5.74, 6) is 0.704. The van der Waals surface area contributed by atoms with Crippen LogP contribution in [0.2, 0.25) is 5.02 Å². The summed E-state index contributed by atoms with van der Waals surface area (Å²) in [4.78, 5) is 14.9. The summed E-state index contributed by atoms with van der Waals surface area (Å²) in [6.07, 6.45) is 1.25. The van der Waals surface area contributed by atoms with E-state index in [1.54, 1.807) is 20.3 Å². The molecule has 0 aliphatic heterocycles. The standard InChI is InChI=1S/C15H15ClN2O4/c1-21-11-4-3-9(13(6-11)22-2)7-17-14-12(16)5-10(8-18-14)15(19)20/h3-6,8H,7H2,1-2H3,(H,17,18)(H,19,20). The van der Waals surface area contributed by atoms with Crippen LogP contribution in [0.15, 0.2) is 30.5 Å². The Labute approximate surface area is 132 Å². The summed E-state index contributed by atoms with van der Waals surface area (Å²) >= 11 is 6.02.